The number of likely N-dealkylation sites (tertiary alicyclic amines) is 1. The zero-order chi connectivity index (χ0) is 23.9. The van der Waals surface area contributed by atoms with Crippen LogP contribution in [0.4, 0.5) is 11.6 Å². The Morgan fingerprint density at radius 2 is 2.06 bits per heavy atom. The molecule has 6 rings (SSSR count). The first kappa shape index (κ1) is 21.6. The van der Waals surface area contributed by atoms with Crippen LogP contribution in [-0.4, -0.2) is 64.7 Å². The van der Waals surface area contributed by atoms with Crippen LogP contribution < -0.4 is 5.32 Å². The van der Waals surface area contributed by atoms with E-state index in [0.717, 1.165) is 55.1 Å². The van der Waals surface area contributed by atoms with Crippen LogP contribution in [0.1, 0.15) is 47.1 Å². The van der Waals surface area contributed by atoms with Gasteiger partial charge in [0.1, 0.15) is 5.52 Å². The van der Waals surface area contributed by atoms with Crippen molar-refractivity contribution in [3.63, 3.8) is 0 Å². The number of pyridine rings is 1. The van der Waals surface area contributed by atoms with Gasteiger partial charge in [0.05, 0.1) is 23.1 Å². The summed E-state index contributed by atoms with van der Waals surface area (Å²) in [6, 6.07) is 10.0. The van der Waals surface area contributed by atoms with Crippen LogP contribution in [0.5, 0.6) is 0 Å². The van der Waals surface area contributed by atoms with Gasteiger partial charge in [0.2, 0.25) is 5.95 Å². The molecule has 2 atom stereocenters. The lowest BCUT2D eigenvalue weighted by Gasteiger charge is -2.41. The minimum absolute atomic E-state index is 0.0535. The quantitative estimate of drug-likeness (QED) is 0.468. The van der Waals surface area contributed by atoms with Gasteiger partial charge in [0.25, 0.3) is 5.91 Å². The highest BCUT2D eigenvalue weighted by Gasteiger charge is 2.35. The molecule has 0 bridgehead atoms. The summed E-state index contributed by atoms with van der Waals surface area (Å²) in [6.07, 6.45) is 5.58. The van der Waals surface area contributed by atoms with Crippen molar-refractivity contribution in [2.75, 3.05) is 11.9 Å². The summed E-state index contributed by atoms with van der Waals surface area (Å²) in [5.41, 5.74) is 6.28. The number of nitrogens with zero attached hydrogens (tertiary/aromatic N) is 7. The first-order valence-corrected chi connectivity index (χ1v) is 11.9. The molecular formula is C25H27N9O. The molecule has 10 nitrogen and oxygen atoms in total. The van der Waals surface area contributed by atoms with Crippen molar-refractivity contribution in [2.24, 2.45) is 0 Å². The number of nitrogens with one attached hydrogen (secondary N) is 2. The van der Waals surface area contributed by atoms with Gasteiger partial charge in [-0.2, -0.15) is 0 Å². The van der Waals surface area contributed by atoms with E-state index < -0.39 is 0 Å². The van der Waals surface area contributed by atoms with E-state index in [1.54, 1.807) is 6.20 Å². The van der Waals surface area contributed by atoms with Gasteiger partial charge in [-0.05, 0) is 57.0 Å². The van der Waals surface area contributed by atoms with Gasteiger partial charge in [-0.15, -0.1) is 5.10 Å². The Balaban J connectivity index is 1.10. The number of rotatable bonds is 4. The van der Waals surface area contributed by atoms with E-state index in [1.807, 2.05) is 48.4 Å². The molecule has 4 aromatic rings. The Morgan fingerprint density at radius 3 is 2.89 bits per heavy atom. The molecule has 178 valence electrons. The van der Waals surface area contributed by atoms with E-state index >= 15 is 0 Å². The number of aromatic nitrogens is 6. The molecule has 2 aliphatic rings. The average molecular weight is 470 g/mol. The maximum Gasteiger partial charge on any atom is 0.254 e. The number of benzene rings is 1. The van der Waals surface area contributed by atoms with Crippen molar-refractivity contribution in [3.8, 4) is 0 Å². The summed E-state index contributed by atoms with van der Waals surface area (Å²) in [4.78, 5) is 31.3. The van der Waals surface area contributed by atoms with Crippen molar-refractivity contribution in [3.05, 3.63) is 65.2 Å². The predicted molar refractivity (Wildman–Crippen MR) is 131 cm³/mol. The summed E-state index contributed by atoms with van der Waals surface area (Å²) in [6.45, 7) is 6.47. The monoisotopic (exact) mass is 469 g/mol. The van der Waals surface area contributed by atoms with Crippen molar-refractivity contribution in [2.45, 2.75) is 51.9 Å². The third-order valence-corrected chi connectivity index (χ3v) is 7.05. The summed E-state index contributed by atoms with van der Waals surface area (Å²) in [5.74, 6) is 0.645. The summed E-state index contributed by atoms with van der Waals surface area (Å²) in [5, 5.41) is 13.9. The largest absolute Gasteiger partial charge is 0.336 e. The van der Waals surface area contributed by atoms with Gasteiger partial charge in [-0.1, -0.05) is 5.21 Å². The third kappa shape index (κ3) is 4.21. The van der Waals surface area contributed by atoms with Crippen LogP contribution in [0, 0.1) is 6.92 Å². The maximum absolute atomic E-state index is 13.2. The second kappa shape index (κ2) is 8.70. The molecule has 0 radical (unpaired) electrons. The van der Waals surface area contributed by atoms with Crippen LogP contribution >= 0.6 is 0 Å². The molecule has 5 heterocycles. The molecular weight excluding hydrogens is 442 g/mol. The Kier molecular flexibility index (Phi) is 5.37. The molecule has 2 aliphatic heterocycles. The number of carbonyl (C=O) groups is 1. The number of H-pyrrole nitrogens is 1. The maximum atomic E-state index is 13.2. The molecule has 1 aromatic carbocycles. The molecule has 35 heavy (non-hydrogen) atoms. The summed E-state index contributed by atoms with van der Waals surface area (Å²) < 4.78 is 0. The average Bonchev–Trinajstić information content (AvgIpc) is 3.51. The van der Waals surface area contributed by atoms with E-state index in [0.29, 0.717) is 23.1 Å². The fourth-order valence-electron chi connectivity index (χ4n) is 5.09. The number of anilines is 2. The molecule has 2 N–H and O–H groups in total. The van der Waals surface area contributed by atoms with Crippen molar-refractivity contribution in [1.29, 1.82) is 0 Å². The standard InChI is InChI=1S/C25H27N9O/c1-15-3-5-19(12-26-15)28-25-27-11-18-13-33(14-23(18)29-25)20-7-8-34(16(2)9-20)24(35)17-4-6-21-22(10-17)31-32-30-21/h3-6,10-12,16,20H,7-9,13-14H2,1-2H3,(H,27,28,29)(H,30,31,32)/t16-,20+/m1/s1. The molecule has 1 saturated heterocycles. The van der Waals surface area contributed by atoms with E-state index in [1.165, 1.54) is 5.56 Å². The molecule has 3 aromatic heterocycles. The van der Waals surface area contributed by atoms with Gasteiger partial charge >= 0.3 is 0 Å². The molecule has 0 spiro atoms. The lowest BCUT2D eigenvalue weighted by Crippen LogP contribution is -2.50. The molecule has 0 aliphatic carbocycles. The van der Waals surface area contributed by atoms with Crippen LogP contribution in [0.3, 0.4) is 0 Å². The number of amides is 1. The fourth-order valence-corrected chi connectivity index (χ4v) is 5.09. The predicted octanol–water partition coefficient (Wildman–Crippen LogP) is 3.20. The topological polar surface area (TPSA) is 116 Å². The van der Waals surface area contributed by atoms with Gasteiger partial charge in [0, 0.05) is 54.7 Å². The number of aromatic amines is 1. The number of carbonyl (C=O) groups excluding carboxylic acids is 1. The highest BCUT2D eigenvalue weighted by atomic mass is 16.2. The minimum Gasteiger partial charge on any atom is -0.336 e. The SMILES string of the molecule is Cc1ccc(Nc2ncc3c(n2)CN([C@H]2CCN(C(=O)c4ccc5[nH]nnc5c4)[C@H](C)C2)C3)cn1. The van der Waals surface area contributed by atoms with Crippen molar-refractivity contribution >= 4 is 28.6 Å². The van der Waals surface area contributed by atoms with Crippen LogP contribution in [0.2, 0.25) is 0 Å². The first-order valence-electron chi connectivity index (χ1n) is 11.9. The number of fused-ring (bicyclic) bond motifs is 2. The molecule has 0 saturated carbocycles. The Bertz CT molecular complexity index is 1380. The highest BCUT2D eigenvalue weighted by Crippen LogP contribution is 2.31. The number of hydrogen-bond donors (Lipinski definition) is 2. The highest BCUT2D eigenvalue weighted by molar-refractivity contribution is 5.97. The van der Waals surface area contributed by atoms with Crippen LogP contribution in [0.25, 0.3) is 11.0 Å². The Hall–Kier alpha value is -3.92. The molecule has 0 unspecified atom stereocenters. The minimum atomic E-state index is 0.0535. The zero-order valence-corrected chi connectivity index (χ0v) is 19.8. The number of piperidine rings is 1. The summed E-state index contributed by atoms with van der Waals surface area (Å²) >= 11 is 0. The Labute approximate surface area is 202 Å². The first-order chi connectivity index (χ1) is 17.0. The molecule has 1 amide bonds. The second-order valence-corrected chi connectivity index (χ2v) is 9.45. The van der Waals surface area contributed by atoms with E-state index in [9.17, 15) is 4.79 Å². The van der Waals surface area contributed by atoms with Gasteiger partial charge in [-0.25, -0.2) is 9.97 Å². The normalized spacial score (nSPS) is 20.2. The smallest absolute Gasteiger partial charge is 0.254 e. The second-order valence-electron chi connectivity index (χ2n) is 9.45. The van der Waals surface area contributed by atoms with Crippen molar-refractivity contribution < 1.29 is 4.79 Å². The van der Waals surface area contributed by atoms with Crippen LogP contribution in [0.15, 0.2) is 42.7 Å². The van der Waals surface area contributed by atoms with E-state index in [4.69, 9.17) is 4.98 Å². The third-order valence-electron chi connectivity index (χ3n) is 7.05. The molecule has 1 fully saturated rings. The van der Waals surface area contributed by atoms with Crippen LogP contribution in [-0.2, 0) is 13.1 Å². The van der Waals surface area contributed by atoms with E-state index in [2.05, 4.69) is 42.5 Å². The Morgan fingerprint density at radius 1 is 1.14 bits per heavy atom. The fraction of sp³-hybridized carbons (Fsp3) is 0.360. The lowest BCUT2D eigenvalue weighted by molar-refractivity contribution is 0.0460. The lowest BCUT2D eigenvalue weighted by atomic mass is 9.96. The van der Waals surface area contributed by atoms with Crippen molar-refractivity contribution in [1.82, 2.24) is 40.2 Å². The molecule has 10 heteroatoms. The van der Waals surface area contributed by atoms with Gasteiger partial charge < -0.3 is 10.2 Å². The number of aryl methyl sites for hydroxylation is 1. The zero-order valence-electron chi connectivity index (χ0n) is 19.8. The number of hydrogen-bond acceptors (Lipinski definition) is 8. The van der Waals surface area contributed by atoms with Gasteiger partial charge in [0.15, 0.2) is 0 Å². The van der Waals surface area contributed by atoms with Gasteiger partial charge in [-0.3, -0.25) is 19.8 Å². The summed E-state index contributed by atoms with van der Waals surface area (Å²) in [7, 11) is 0. The van der Waals surface area contributed by atoms with E-state index in [-0.39, 0.29) is 11.9 Å².